The average molecular weight is 290 g/mol. The van der Waals surface area contributed by atoms with Crippen molar-refractivity contribution in [2.24, 2.45) is 5.92 Å². The van der Waals surface area contributed by atoms with Gasteiger partial charge in [-0.05, 0) is 44.4 Å². The first-order chi connectivity index (χ1) is 10.3. The zero-order valence-corrected chi connectivity index (χ0v) is 13.8. The maximum absolute atomic E-state index is 4.08. The van der Waals surface area contributed by atoms with Crippen molar-refractivity contribution in [1.82, 2.24) is 10.2 Å². The normalized spacial score (nSPS) is 33.1. The lowest BCUT2D eigenvalue weighted by atomic mass is 9.76. The van der Waals surface area contributed by atoms with Gasteiger partial charge < -0.3 is 5.32 Å². The summed E-state index contributed by atoms with van der Waals surface area (Å²) < 4.78 is 0. The molecule has 2 heteroatoms. The third-order valence-corrected chi connectivity index (χ3v) is 7.26. The summed E-state index contributed by atoms with van der Waals surface area (Å²) in [6.07, 6.45) is 19.1. The fourth-order valence-electron chi connectivity index (χ4n) is 5.91. The van der Waals surface area contributed by atoms with Gasteiger partial charge in [0.05, 0.1) is 0 Å². The fourth-order valence-corrected chi connectivity index (χ4v) is 5.91. The molecular formula is C19H34N2. The van der Waals surface area contributed by atoms with Crippen LogP contribution in [0.15, 0.2) is 0 Å². The number of nitrogens with one attached hydrogen (secondary N) is 1. The van der Waals surface area contributed by atoms with Crippen LogP contribution < -0.4 is 5.32 Å². The van der Waals surface area contributed by atoms with Crippen molar-refractivity contribution in [2.45, 2.75) is 94.5 Å². The lowest BCUT2D eigenvalue weighted by Gasteiger charge is -2.55. The van der Waals surface area contributed by atoms with Crippen molar-refractivity contribution in [1.29, 1.82) is 0 Å². The summed E-state index contributed by atoms with van der Waals surface area (Å²) >= 11 is 0. The highest BCUT2D eigenvalue weighted by atomic mass is 15.3. The van der Waals surface area contributed by atoms with E-state index >= 15 is 0 Å². The molecule has 1 saturated heterocycles. The van der Waals surface area contributed by atoms with E-state index in [0.29, 0.717) is 11.1 Å². The van der Waals surface area contributed by atoms with E-state index in [2.05, 4.69) is 10.2 Å². The van der Waals surface area contributed by atoms with Crippen LogP contribution in [-0.2, 0) is 0 Å². The van der Waals surface area contributed by atoms with E-state index in [1.807, 2.05) is 0 Å². The molecule has 1 heterocycles. The van der Waals surface area contributed by atoms with Gasteiger partial charge in [-0.1, -0.05) is 44.9 Å². The van der Waals surface area contributed by atoms with Gasteiger partial charge >= 0.3 is 0 Å². The van der Waals surface area contributed by atoms with Crippen LogP contribution in [0.25, 0.3) is 0 Å². The van der Waals surface area contributed by atoms with Gasteiger partial charge in [-0.25, -0.2) is 0 Å². The second kappa shape index (κ2) is 5.85. The molecule has 0 aromatic carbocycles. The quantitative estimate of drug-likeness (QED) is 0.824. The fraction of sp³-hybridized carbons (Fsp3) is 1.00. The maximum atomic E-state index is 4.08. The van der Waals surface area contributed by atoms with Crippen LogP contribution in [0.2, 0.25) is 0 Å². The lowest BCUT2D eigenvalue weighted by Crippen LogP contribution is -2.70. The van der Waals surface area contributed by atoms with Crippen LogP contribution in [0.5, 0.6) is 0 Å². The predicted octanol–water partition coefficient (Wildman–Crippen LogP) is 4.10. The SMILES string of the molecule is C1CCC2(CC1)CN(CC1CCCC1)C1(CCCC1)CN2. The van der Waals surface area contributed by atoms with Crippen LogP contribution in [0, 0.1) is 5.92 Å². The summed E-state index contributed by atoms with van der Waals surface area (Å²) in [6.45, 7) is 4.08. The molecule has 0 aromatic rings. The summed E-state index contributed by atoms with van der Waals surface area (Å²) in [4.78, 5) is 3.01. The first-order valence-corrected chi connectivity index (χ1v) is 9.81. The van der Waals surface area contributed by atoms with Crippen LogP contribution in [0.4, 0.5) is 0 Å². The van der Waals surface area contributed by atoms with Crippen LogP contribution >= 0.6 is 0 Å². The van der Waals surface area contributed by atoms with E-state index in [-0.39, 0.29) is 0 Å². The Balaban J connectivity index is 1.50. The minimum atomic E-state index is 0.491. The Kier molecular flexibility index (Phi) is 4.04. The monoisotopic (exact) mass is 290 g/mol. The average Bonchev–Trinajstić information content (AvgIpc) is 3.17. The molecule has 2 nitrogen and oxygen atoms in total. The minimum absolute atomic E-state index is 0.491. The molecule has 21 heavy (non-hydrogen) atoms. The van der Waals surface area contributed by atoms with Gasteiger partial charge in [0.2, 0.25) is 0 Å². The molecule has 3 saturated carbocycles. The van der Waals surface area contributed by atoms with E-state index in [1.54, 1.807) is 0 Å². The molecule has 0 aromatic heterocycles. The molecule has 0 bridgehead atoms. The molecule has 3 aliphatic carbocycles. The summed E-state index contributed by atoms with van der Waals surface area (Å²) in [5.74, 6) is 1.02. The van der Waals surface area contributed by atoms with Gasteiger partial charge in [-0.2, -0.15) is 0 Å². The van der Waals surface area contributed by atoms with E-state index in [1.165, 1.54) is 103 Å². The van der Waals surface area contributed by atoms with Crippen molar-refractivity contribution < 1.29 is 0 Å². The molecule has 0 amide bonds. The molecule has 0 unspecified atom stereocenters. The molecular weight excluding hydrogens is 256 g/mol. The highest BCUT2D eigenvalue weighted by Gasteiger charge is 2.49. The Bertz CT molecular complexity index is 347. The zero-order valence-electron chi connectivity index (χ0n) is 13.8. The number of hydrogen-bond acceptors (Lipinski definition) is 2. The summed E-state index contributed by atoms with van der Waals surface area (Å²) in [6, 6.07) is 0. The van der Waals surface area contributed by atoms with Crippen molar-refractivity contribution >= 4 is 0 Å². The lowest BCUT2D eigenvalue weighted by molar-refractivity contribution is -0.0151. The van der Waals surface area contributed by atoms with Gasteiger partial charge in [0.25, 0.3) is 0 Å². The second-order valence-electron chi connectivity index (χ2n) is 8.66. The molecule has 2 spiro atoms. The van der Waals surface area contributed by atoms with Gasteiger partial charge in [0.15, 0.2) is 0 Å². The van der Waals surface area contributed by atoms with Crippen molar-refractivity contribution in [3.05, 3.63) is 0 Å². The van der Waals surface area contributed by atoms with Gasteiger partial charge in [0.1, 0.15) is 0 Å². The van der Waals surface area contributed by atoms with Crippen LogP contribution in [-0.4, -0.2) is 35.6 Å². The standard InChI is InChI=1S/C19H34N2/c1-4-10-18(11-5-1)16-21(14-17-8-2-3-9-17)19(15-20-18)12-6-7-13-19/h17,20H,1-16H2. The molecule has 0 radical (unpaired) electrons. The highest BCUT2D eigenvalue weighted by Crippen LogP contribution is 2.43. The Morgan fingerprint density at radius 1 is 0.810 bits per heavy atom. The Hall–Kier alpha value is -0.0800. The maximum Gasteiger partial charge on any atom is 0.0335 e. The Labute approximate surface area is 131 Å². The van der Waals surface area contributed by atoms with Crippen LogP contribution in [0.1, 0.15) is 83.5 Å². The molecule has 1 aliphatic heterocycles. The topological polar surface area (TPSA) is 15.3 Å². The van der Waals surface area contributed by atoms with Gasteiger partial charge in [-0.15, -0.1) is 0 Å². The smallest absolute Gasteiger partial charge is 0.0335 e. The van der Waals surface area contributed by atoms with Gasteiger partial charge in [0, 0.05) is 30.7 Å². The molecule has 4 aliphatic rings. The van der Waals surface area contributed by atoms with Crippen molar-refractivity contribution in [3.8, 4) is 0 Å². The highest BCUT2D eigenvalue weighted by molar-refractivity contribution is 5.08. The van der Waals surface area contributed by atoms with Crippen molar-refractivity contribution in [3.63, 3.8) is 0 Å². The molecule has 1 N–H and O–H groups in total. The number of hydrogen-bond donors (Lipinski definition) is 1. The third-order valence-electron chi connectivity index (χ3n) is 7.26. The summed E-state index contributed by atoms with van der Waals surface area (Å²) in [5, 5.41) is 4.08. The Morgan fingerprint density at radius 3 is 2.19 bits per heavy atom. The molecule has 4 fully saturated rings. The van der Waals surface area contributed by atoms with E-state index < -0.39 is 0 Å². The third kappa shape index (κ3) is 2.79. The minimum Gasteiger partial charge on any atom is -0.308 e. The van der Waals surface area contributed by atoms with Crippen LogP contribution in [0.3, 0.4) is 0 Å². The Morgan fingerprint density at radius 2 is 1.48 bits per heavy atom. The largest absolute Gasteiger partial charge is 0.308 e. The van der Waals surface area contributed by atoms with Crippen molar-refractivity contribution in [2.75, 3.05) is 19.6 Å². The first-order valence-electron chi connectivity index (χ1n) is 9.81. The van der Waals surface area contributed by atoms with Gasteiger partial charge in [-0.3, -0.25) is 4.90 Å². The second-order valence-corrected chi connectivity index (χ2v) is 8.66. The number of rotatable bonds is 2. The molecule has 120 valence electrons. The first kappa shape index (κ1) is 14.5. The predicted molar refractivity (Wildman–Crippen MR) is 88.5 cm³/mol. The summed E-state index contributed by atoms with van der Waals surface area (Å²) in [7, 11) is 0. The number of piperazine rings is 1. The van der Waals surface area contributed by atoms with E-state index in [0.717, 1.165) is 5.92 Å². The zero-order chi connectivity index (χ0) is 14.2. The molecule has 4 rings (SSSR count). The summed E-state index contributed by atoms with van der Waals surface area (Å²) in [5.41, 5.74) is 1.04. The van der Waals surface area contributed by atoms with E-state index in [4.69, 9.17) is 0 Å². The molecule has 0 atom stereocenters. The number of nitrogens with zero attached hydrogens (tertiary/aromatic N) is 1. The van der Waals surface area contributed by atoms with E-state index in [9.17, 15) is 0 Å².